The Labute approximate surface area is 196 Å². The molecule has 1 fully saturated rings. The predicted molar refractivity (Wildman–Crippen MR) is 126 cm³/mol. The number of nitrogens with one attached hydrogen (secondary N) is 1. The maximum Gasteiger partial charge on any atom is 0.416 e. The summed E-state index contributed by atoms with van der Waals surface area (Å²) in [6.45, 7) is 1.47. The molecule has 0 unspecified atom stereocenters. The summed E-state index contributed by atoms with van der Waals surface area (Å²) >= 11 is 1.39. The Bertz CT molecular complexity index is 1390. The molecular formula is C24H18F3N5OS. The van der Waals surface area contributed by atoms with E-state index in [1.54, 1.807) is 17.0 Å². The molecular weight excluding hydrogens is 463 g/mol. The third kappa shape index (κ3) is 3.54. The van der Waals surface area contributed by atoms with E-state index in [0.717, 1.165) is 41.0 Å². The fourth-order valence-corrected chi connectivity index (χ4v) is 5.42. The third-order valence-corrected chi connectivity index (χ3v) is 7.12. The lowest BCUT2D eigenvalue weighted by Crippen LogP contribution is -2.48. The second-order valence-corrected chi connectivity index (χ2v) is 9.32. The number of halogens is 3. The van der Waals surface area contributed by atoms with Gasteiger partial charge in [0, 0.05) is 18.7 Å². The highest BCUT2D eigenvalue weighted by atomic mass is 32.1. The van der Waals surface area contributed by atoms with Crippen molar-refractivity contribution in [3.63, 3.8) is 0 Å². The second-order valence-electron chi connectivity index (χ2n) is 8.29. The van der Waals surface area contributed by atoms with Crippen LogP contribution >= 0.6 is 11.3 Å². The van der Waals surface area contributed by atoms with Crippen LogP contribution in [0.2, 0.25) is 0 Å². The van der Waals surface area contributed by atoms with Gasteiger partial charge < -0.3 is 4.90 Å². The molecule has 2 aromatic heterocycles. The van der Waals surface area contributed by atoms with E-state index >= 15 is 0 Å². The first kappa shape index (κ1) is 20.9. The molecule has 34 heavy (non-hydrogen) atoms. The van der Waals surface area contributed by atoms with E-state index in [-0.39, 0.29) is 12.1 Å². The SMILES string of the molecule is O=C(Nc1nc2ccccc2s1)N1c2nc(-c3cccc(C(F)(F)F)c3)ccc2N2CC[C@H]1C2. The number of urea groups is 1. The summed E-state index contributed by atoms with van der Waals surface area (Å²) < 4.78 is 40.6. The van der Waals surface area contributed by atoms with Gasteiger partial charge in [-0.2, -0.15) is 13.2 Å². The van der Waals surface area contributed by atoms with Gasteiger partial charge in [0.25, 0.3) is 0 Å². The number of alkyl halides is 3. The lowest BCUT2D eigenvalue weighted by atomic mass is 10.1. The zero-order valence-corrected chi connectivity index (χ0v) is 18.5. The van der Waals surface area contributed by atoms with Gasteiger partial charge in [-0.05, 0) is 42.8 Å². The van der Waals surface area contributed by atoms with Crippen molar-refractivity contribution in [2.75, 3.05) is 28.2 Å². The number of amides is 2. The van der Waals surface area contributed by atoms with Crippen LogP contribution in [-0.4, -0.2) is 35.1 Å². The molecule has 2 aliphatic rings. The standard InChI is InChI=1S/C24H18F3N5OS/c25-24(26,27)15-5-3-4-14(12-15)17-8-9-19-21(28-17)32(16-10-11-31(19)13-16)23(33)30-22-29-18-6-1-2-7-20(18)34-22/h1-9,12,16H,10-11,13H2,(H,29,30,33)/t16-/m0/s1. The number of hydrogen-bond donors (Lipinski definition) is 1. The van der Waals surface area contributed by atoms with E-state index in [1.807, 2.05) is 30.3 Å². The van der Waals surface area contributed by atoms with Crippen LogP contribution in [-0.2, 0) is 6.18 Å². The predicted octanol–water partition coefficient (Wildman–Crippen LogP) is 6.01. The number of aromatic nitrogens is 2. The average molecular weight is 482 g/mol. The Balaban J connectivity index is 1.37. The number of carbonyl (C=O) groups excluding carboxylic acids is 1. The topological polar surface area (TPSA) is 61.4 Å². The summed E-state index contributed by atoms with van der Waals surface area (Å²) in [6.07, 6.45) is -3.67. The fraction of sp³-hybridized carbons (Fsp3) is 0.208. The van der Waals surface area contributed by atoms with Crippen LogP contribution < -0.4 is 15.1 Å². The Morgan fingerprint density at radius 2 is 1.91 bits per heavy atom. The summed E-state index contributed by atoms with van der Waals surface area (Å²) in [5.41, 5.74) is 1.59. The summed E-state index contributed by atoms with van der Waals surface area (Å²) in [7, 11) is 0. The molecule has 6 nitrogen and oxygen atoms in total. The monoisotopic (exact) mass is 481 g/mol. The minimum absolute atomic E-state index is 0.0777. The van der Waals surface area contributed by atoms with Gasteiger partial charge in [-0.25, -0.2) is 14.8 Å². The molecule has 0 aliphatic carbocycles. The molecule has 172 valence electrons. The van der Waals surface area contributed by atoms with E-state index in [0.29, 0.717) is 28.8 Å². The van der Waals surface area contributed by atoms with Crippen molar-refractivity contribution >= 4 is 44.2 Å². The van der Waals surface area contributed by atoms with Gasteiger partial charge in [-0.1, -0.05) is 35.6 Å². The molecule has 6 rings (SSSR count). The van der Waals surface area contributed by atoms with Gasteiger partial charge in [0.1, 0.15) is 0 Å². The molecule has 2 aliphatic heterocycles. The van der Waals surface area contributed by atoms with Crippen LogP contribution in [0, 0.1) is 0 Å². The van der Waals surface area contributed by atoms with Crippen molar-refractivity contribution in [1.29, 1.82) is 0 Å². The van der Waals surface area contributed by atoms with Gasteiger partial charge in [-0.3, -0.25) is 10.2 Å². The van der Waals surface area contributed by atoms with E-state index in [4.69, 9.17) is 0 Å². The van der Waals surface area contributed by atoms with Gasteiger partial charge in [0.05, 0.1) is 33.2 Å². The largest absolute Gasteiger partial charge is 0.416 e. The molecule has 10 heteroatoms. The summed E-state index contributed by atoms with van der Waals surface area (Å²) in [5.74, 6) is 0.447. The van der Waals surface area contributed by atoms with Gasteiger partial charge in [-0.15, -0.1) is 0 Å². The zero-order chi connectivity index (χ0) is 23.4. The van der Waals surface area contributed by atoms with Crippen LogP contribution in [0.5, 0.6) is 0 Å². The minimum atomic E-state index is -4.45. The highest BCUT2D eigenvalue weighted by Gasteiger charge is 2.40. The zero-order valence-electron chi connectivity index (χ0n) is 17.7. The smallest absolute Gasteiger partial charge is 0.366 e. The lowest BCUT2D eigenvalue weighted by Gasteiger charge is -2.35. The van der Waals surface area contributed by atoms with Gasteiger partial charge in [0.2, 0.25) is 0 Å². The number of benzene rings is 2. The van der Waals surface area contributed by atoms with Crippen molar-refractivity contribution in [2.24, 2.45) is 0 Å². The Morgan fingerprint density at radius 3 is 2.74 bits per heavy atom. The highest BCUT2D eigenvalue weighted by Crippen LogP contribution is 2.41. The maximum atomic E-state index is 13.4. The number of fused-ring (bicyclic) bond motifs is 5. The van der Waals surface area contributed by atoms with E-state index < -0.39 is 11.7 Å². The summed E-state index contributed by atoms with van der Waals surface area (Å²) in [5, 5.41) is 3.39. The molecule has 0 radical (unpaired) electrons. The number of carbonyl (C=O) groups is 1. The maximum absolute atomic E-state index is 13.4. The number of hydrogen-bond acceptors (Lipinski definition) is 5. The number of para-hydroxylation sites is 1. The molecule has 2 bridgehead atoms. The Hall–Kier alpha value is -3.66. The first-order valence-corrected chi connectivity index (χ1v) is 11.6. The first-order valence-electron chi connectivity index (χ1n) is 10.8. The molecule has 1 atom stereocenters. The first-order chi connectivity index (χ1) is 16.4. The van der Waals surface area contributed by atoms with E-state index in [2.05, 4.69) is 20.2 Å². The number of rotatable bonds is 2. The molecule has 2 aromatic carbocycles. The Morgan fingerprint density at radius 1 is 1.06 bits per heavy atom. The molecule has 0 spiro atoms. The molecule has 4 aromatic rings. The van der Waals surface area contributed by atoms with Crippen molar-refractivity contribution in [2.45, 2.75) is 18.6 Å². The molecule has 0 saturated carbocycles. The summed E-state index contributed by atoms with van der Waals surface area (Å²) in [6, 6.07) is 15.8. The van der Waals surface area contributed by atoms with Gasteiger partial charge >= 0.3 is 12.2 Å². The van der Waals surface area contributed by atoms with Gasteiger partial charge in [0.15, 0.2) is 10.9 Å². The second kappa shape index (κ2) is 7.69. The van der Waals surface area contributed by atoms with Crippen LogP contribution in [0.3, 0.4) is 0 Å². The van der Waals surface area contributed by atoms with Crippen LogP contribution in [0.15, 0.2) is 60.7 Å². The number of nitrogens with zero attached hydrogens (tertiary/aromatic N) is 4. The van der Waals surface area contributed by atoms with Crippen LogP contribution in [0.1, 0.15) is 12.0 Å². The van der Waals surface area contributed by atoms with E-state index in [9.17, 15) is 18.0 Å². The number of anilines is 3. The molecule has 2 amide bonds. The summed E-state index contributed by atoms with van der Waals surface area (Å²) in [4.78, 5) is 26.3. The number of pyridine rings is 1. The van der Waals surface area contributed by atoms with E-state index in [1.165, 1.54) is 17.4 Å². The van der Waals surface area contributed by atoms with Crippen LogP contribution in [0.4, 0.5) is 34.6 Å². The quantitative estimate of drug-likeness (QED) is 0.381. The van der Waals surface area contributed by atoms with Crippen molar-refractivity contribution in [3.05, 3.63) is 66.2 Å². The Kier molecular flexibility index (Phi) is 4.73. The van der Waals surface area contributed by atoms with Crippen LogP contribution in [0.25, 0.3) is 21.5 Å². The molecule has 4 heterocycles. The normalized spacial score (nSPS) is 17.2. The van der Waals surface area contributed by atoms with Crippen molar-refractivity contribution in [1.82, 2.24) is 9.97 Å². The molecule has 1 N–H and O–H groups in total. The average Bonchev–Trinajstić information content (AvgIpc) is 3.42. The molecule has 1 saturated heterocycles. The minimum Gasteiger partial charge on any atom is -0.366 e. The van der Waals surface area contributed by atoms with Crippen molar-refractivity contribution < 1.29 is 18.0 Å². The number of thiazole rings is 1. The fourth-order valence-electron chi connectivity index (χ4n) is 4.56. The highest BCUT2D eigenvalue weighted by molar-refractivity contribution is 7.22. The van der Waals surface area contributed by atoms with Crippen molar-refractivity contribution in [3.8, 4) is 11.3 Å². The third-order valence-electron chi connectivity index (χ3n) is 6.16. The lowest BCUT2D eigenvalue weighted by molar-refractivity contribution is -0.137.